The Labute approximate surface area is 164 Å². The van der Waals surface area contributed by atoms with Crippen LogP contribution in [-0.4, -0.2) is 30.8 Å². The van der Waals surface area contributed by atoms with E-state index in [0.29, 0.717) is 17.9 Å². The molecule has 0 fully saturated rings. The zero-order valence-corrected chi connectivity index (χ0v) is 16.2. The van der Waals surface area contributed by atoms with Gasteiger partial charge in [0.05, 0.1) is 18.9 Å². The minimum atomic E-state index is -0.709. The smallest absolute Gasteiger partial charge is 0.337 e. The molecule has 3 aromatic rings. The highest BCUT2D eigenvalue weighted by Gasteiger charge is 2.16. The van der Waals surface area contributed by atoms with Crippen LogP contribution in [0.5, 0.6) is 0 Å². The third kappa shape index (κ3) is 5.10. The number of aliphatic hydroxyl groups is 1. The number of fused-ring (bicyclic) bond motifs is 1. The Morgan fingerprint density at radius 2 is 1.89 bits per heavy atom. The van der Waals surface area contributed by atoms with Crippen LogP contribution < -0.4 is 5.32 Å². The Morgan fingerprint density at radius 3 is 2.59 bits per heavy atom. The standard InChI is InChI=1S/C21H23NO4.ClH/c1-14(11-15-7-9-16(10-8-15)21(24)25-2)22-12-19(23)20-18-6-4-3-5-17(18)13-26-20;/h3-10,13-14,19,22-23H,11-12H2,1-2H3;1H/t14?,19-;/m1./s1. The van der Waals surface area contributed by atoms with Crippen molar-refractivity contribution in [3.63, 3.8) is 0 Å². The van der Waals surface area contributed by atoms with Crippen LogP contribution in [-0.2, 0) is 11.2 Å². The molecule has 0 aliphatic carbocycles. The van der Waals surface area contributed by atoms with E-state index in [0.717, 1.165) is 22.8 Å². The molecule has 1 unspecified atom stereocenters. The number of halogens is 1. The molecule has 2 atom stereocenters. The summed E-state index contributed by atoms with van der Waals surface area (Å²) in [4.78, 5) is 11.5. The Bertz CT molecular complexity index is 875. The number of hydrogen-bond acceptors (Lipinski definition) is 5. The van der Waals surface area contributed by atoms with E-state index < -0.39 is 6.10 Å². The molecule has 0 amide bonds. The summed E-state index contributed by atoms with van der Waals surface area (Å²) >= 11 is 0. The lowest BCUT2D eigenvalue weighted by molar-refractivity contribution is 0.0600. The molecule has 1 aromatic heterocycles. The number of hydrogen-bond donors (Lipinski definition) is 2. The first kappa shape index (κ1) is 21.0. The van der Waals surface area contributed by atoms with Crippen molar-refractivity contribution < 1.29 is 19.1 Å². The van der Waals surface area contributed by atoms with Crippen LogP contribution in [0, 0.1) is 0 Å². The average Bonchev–Trinajstić information content (AvgIpc) is 3.10. The van der Waals surface area contributed by atoms with Crippen molar-refractivity contribution in [1.29, 1.82) is 0 Å². The Hall–Kier alpha value is -2.34. The summed E-state index contributed by atoms with van der Waals surface area (Å²) in [5.41, 5.74) is 1.65. The topological polar surface area (TPSA) is 71.7 Å². The van der Waals surface area contributed by atoms with E-state index in [2.05, 4.69) is 12.2 Å². The second-order valence-electron chi connectivity index (χ2n) is 6.40. The number of methoxy groups -OCH3 is 1. The van der Waals surface area contributed by atoms with E-state index in [4.69, 9.17) is 9.15 Å². The minimum absolute atomic E-state index is 0. The Kier molecular flexibility index (Phi) is 7.42. The molecule has 6 heteroatoms. The summed E-state index contributed by atoms with van der Waals surface area (Å²) in [7, 11) is 1.37. The number of esters is 1. The van der Waals surface area contributed by atoms with Gasteiger partial charge in [-0.1, -0.05) is 36.4 Å². The van der Waals surface area contributed by atoms with Gasteiger partial charge in [0.2, 0.25) is 0 Å². The van der Waals surface area contributed by atoms with Gasteiger partial charge in [0, 0.05) is 23.4 Å². The molecule has 0 bridgehead atoms. The van der Waals surface area contributed by atoms with Gasteiger partial charge in [0.1, 0.15) is 11.9 Å². The molecule has 2 aromatic carbocycles. The van der Waals surface area contributed by atoms with E-state index in [1.807, 2.05) is 36.4 Å². The predicted octanol–water partition coefficient (Wildman–Crippen LogP) is 3.90. The number of carbonyl (C=O) groups is 1. The van der Waals surface area contributed by atoms with Gasteiger partial charge in [0.15, 0.2) is 0 Å². The highest BCUT2D eigenvalue weighted by molar-refractivity contribution is 5.89. The largest absolute Gasteiger partial charge is 0.465 e. The number of carbonyl (C=O) groups excluding carboxylic acids is 1. The van der Waals surface area contributed by atoms with Crippen LogP contribution >= 0.6 is 12.4 Å². The number of ether oxygens (including phenoxy) is 1. The number of nitrogens with one attached hydrogen (secondary N) is 1. The van der Waals surface area contributed by atoms with Crippen LogP contribution in [0.2, 0.25) is 0 Å². The van der Waals surface area contributed by atoms with Gasteiger partial charge in [-0.05, 0) is 31.0 Å². The lowest BCUT2D eigenvalue weighted by atomic mass is 10.0. The number of rotatable bonds is 7. The normalized spacial score (nSPS) is 13.0. The summed E-state index contributed by atoms with van der Waals surface area (Å²) in [6, 6.07) is 15.3. The van der Waals surface area contributed by atoms with Crippen LogP contribution in [0.3, 0.4) is 0 Å². The van der Waals surface area contributed by atoms with Gasteiger partial charge in [-0.25, -0.2) is 4.79 Å². The van der Waals surface area contributed by atoms with Crippen molar-refractivity contribution >= 4 is 29.1 Å². The van der Waals surface area contributed by atoms with Gasteiger partial charge in [-0.2, -0.15) is 0 Å². The Balaban J connectivity index is 0.00000261. The van der Waals surface area contributed by atoms with E-state index in [1.54, 1.807) is 18.4 Å². The van der Waals surface area contributed by atoms with Gasteiger partial charge in [0.25, 0.3) is 0 Å². The molecule has 0 aliphatic rings. The van der Waals surface area contributed by atoms with Crippen LogP contribution in [0.1, 0.15) is 34.7 Å². The van der Waals surface area contributed by atoms with Crippen LogP contribution in [0.4, 0.5) is 0 Å². The highest BCUT2D eigenvalue weighted by atomic mass is 35.5. The SMILES string of the molecule is COC(=O)c1ccc(CC(C)NC[C@@H](O)c2occ3ccccc23)cc1.Cl. The van der Waals surface area contributed by atoms with Crippen molar-refractivity contribution in [2.45, 2.75) is 25.5 Å². The van der Waals surface area contributed by atoms with Crippen molar-refractivity contribution in [2.75, 3.05) is 13.7 Å². The number of benzene rings is 2. The molecule has 0 aliphatic heterocycles. The molecule has 3 rings (SSSR count). The lowest BCUT2D eigenvalue weighted by Crippen LogP contribution is -2.32. The molecule has 0 saturated carbocycles. The zero-order valence-electron chi connectivity index (χ0n) is 15.3. The van der Waals surface area contributed by atoms with E-state index in [-0.39, 0.29) is 24.4 Å². The van der Waals surface area contributed by atoms with Crippen molar-refractivity contribution in [2.24, 2.45) is 0 Å². The average molecular weight is 390 g/mol. The summed E-state index contributed by atoms with van der Waals surface area (Å²) in [6.07, 6.45) is 1.74. The summed E-state index contributed by atoms with van der Waals surface area (Å²) < 4.78 is 10.2. The fourth-order valence-corrected chi connectivity index (χ4v) is 3.00. The first-order valence-electron chi connectivity index (χ1n) is 8.63. The summed E-state index contributed by atoms with van der Waals surface area (Å²) in [5.74, 6) is 0.249. The van der Waals surface area contributed by atoms with Crippen LogP contribution in [0.25, 0.3) is 10.8 Å². The van der Waals surface area contributed by atoms with E-state index >= 15 is 0 Å². The second-order valence-corrected chi connectivity index (χ2v) is 6.40. The molecular formula is C21H24ClNO4. The number of aliphatic hydroxyl groups excluding tert-OH is 1. The first-order valence-corrected chi connectivity index (χ1v) is 8.63. The molecule has 27 heavy (non-hydrogen) atoms. The molecule has 144 valence electrons. The van der Waals surface area contributed by atoms with Gasteiger partial charge >= 0.3 is 5.97 Å². The molecular weight excluding hydrogens is 366 g/mol. The molecule has 0 saturated heterocycles. The van der Waals surface area contributed by atoms with Crippen molar-refractivity contribution in [1.82, 2.24) is 5.32 Å². The molecule has 0 radical (unpaired) electrons. The quantitative estimate of drug-likeness (QED) is 0.600. The molecule has 1 heterocycles. The van der Waals surface area contributed by atoms with Crippen molar-refractivity contribution in [3.05, 3.63) is 71.7 Å². The maximum atomic E-state index is 11.5. The first-order chi connectivity index (χ1) is 12.6. The zero-order chi connectivity index (χ0) is 18.5. The van der Waals surface area contributed by atoms with Crippen LogP contribution in [0.15, 0.2) is 59.2 Å². The minimum Gasteiger partial charge on any atom is -0.465 e. The van der Waals surface area contributed by atoms with Gasteiger partial charge < -0.3 is 19.6 Å². The highest BCUT2D eigenvalue weighted by Crippen LogP contribution is 2.26. The Morgan fingerprint density at radius 1 is 1.19 bits per heavy atom. The van der Waals surface area contributed by atoms with E-state index in [9.17, 15) is 9.90 Å². The third-order valence-corrected chi connectivity index (χ3v) is 4.42. The number of furan rings is 1. The molecule has 0 spiro atoms. The van der Waals surface area contributed by atoms with Gasteiger partial charge in [-0.15, -0.1) is 12.4 Å². The fraction of sp³-hybridized carbons (Fsp3) is 0.286. The second kappa shape index (κ2) is 9.55. The summed E-state index contributed by atoms with van der Waals surface area (Å²) in [6.45, 7) is 2.46. The maximum Gasteiger partial charge on any atom is 0.337 e. The van der Waals surface area contributed by atoms with E-state index in [1.165, 1.54) is 7.11 Å². The monoisotopic (exact) mass is 389 g/mol. The summed E-state index contributed by atoms with van der Waals surface area (Å²) in [5, 5.41) is 15.7. The molecule has 5 nitrogen and oxygen atoms in total. The van der Waals surface area contributed by atoms with Gasteiger partial charge in [-0.3, -0.25) is 0 Å². The molecule has 2 N–H and O–H groups in total. The maximum absolute atomic E-state index is 11.5. The fourth-order valence-electron chi connectivity index (χ4n) is 3.00. The lowest BCUT2D eigenvalue weighted by Gasteiger charge is -2.16. The third-order valence-electron chi connectivity index (χ3n) is 4.42. The van der Waals surface area contributed by atoms with Crippen molar-refractivity contribution in [3.8, 4) is 0 Å². The predicted molar refractivity (Wildman–Crippen MR) is 107 cm³/mol.